The van der Waals surface area contributed by atoms with E-state index in [1.165, 1.54) is 64.8 Å². The standard InChI is InChI=1S/C30H43N5S/c1-6-23(4)14-25-16-29(36-20-25)28-19-35(30-27(28)17-32-21-33-30)26-9-8-24(15-26)18-34(5)13-7-11-31-12-10-22(2)3/h6,16-17,19-21,24,26,31H,2,7-15,18H2,1,3-5H3/b23-6+/t24-,26+/m1/s1. The fourth-order valence-corrected chi connectivity index (χ4v) is 6.34. The highest BCUT2D eigenvalue weighted by molar-refractivity contribution is 7.13. The second-order valence-corrected chi connectivity index (χ2v) is 11.7. The van der Waals surface area contributed by atoms with Crippen LogP contribution < -0.4 is 5.32 Å². The van der Waals surface area contributed by atoms with Gasteiger partial charge in [-0.25, -0.2) is 9.97 Å². The summed E-state index contributed by atoms with van der Waals surface area (Å²) in [5.41, 5.74) is 6.41. The Morgan fingerprint density at radius 3 is 2.97 bits per heavy atom. The van der Waals surface area contributed by atoms with Crippen molar-refractivity contribution in [2.24, 2.45) is 5.92 Å². The van der Waals surface area contributed by atoms with Gasteiger partial charge in [-0.15, -0.1) is 17.9 Å². The molecule has 1 aliphatic rings. The van der Waals surface area contributed by atoms with Crippen LogP contribution in [0.4, 0.5) is 0 Å². The van der Waals surface area contributed by atoms with E-state index in [4.69, 9.17) is 4.98 Å². The zero-order chi connectivity index (χ0) is 25.5. The van der Waals surface area contributed by atoms with Crippen molar-refractivity contribution in [3.8, 4) is 10.4 Å². The van der Waals surface area contributed by atoms with Gasteiger partial charge in [-0.3, -0.25) is 0 Å². The van der Waals surface area contributed by atoms with Crippen LogP contribution in [0.1, 0.15) is 64.5 Å². The Bertz CT molecular complexity index is 1170. The van der Waals surface area contributed by atoms with Crippen molar-refractivity contribution >= 4 is 22.4 Å². The van der Waals surface area contributed by atoms with E-state index in [1.807, 2.05) is 17.5 Å². The molecule has 3 aromatic heterocycles. The number of thiophene rings is 1. The molecule has 0 amide bonds. The van der Waals surface area contributed by atoms with Gasteiger partial charge >= 0.3 is 0 Å². The molecule has 3 aromatic rings. The average Bonchev–Trinajstić information content (AvgIpc) is 3.59. The van der Waals surface area contributed by atoms with Gasteiger partial charge in [-0.05, 0) is 109 Å². The van der Waals surface area contributed by atoms with E-state index < -0.39 is 0 Å². The quantitative estimate of drug-likeness (QED) is 0.203. The molecule has 1 saturated carbocycles. The molecule has 0 radical (unpaired) electrons. The molecule has 2 atom stereocenters. The lowest BCUT2D eigenvalue weighted by Crippen LogP contribution is -2.28. The molecule has 0 saturated heterocycles. The number of allylic oxidation sites excluding steroid dienone is 2. The molecule has 5 nitrogen and oxygen atoms in total. The number of hydrogen-bond donors (Lipinski definition) is 1. The minimum Gasteiger partial charge on any atom is -0.329 e. The average molecular weight is 506 g/mol. The first-order valence-electron chi connectivity index (χ1n) is 13.5. The summed E-state index contributed by atoms with van der Waals surface area (Å²) in [5, 5.41) is 7.01. The van der Waals surface area contributed by atoms with Crippen LogP contribution in [0, 0.1) is 5.92 Å². The van der Waals surface area contributed by atoms with Gasteiger partial charge in [0.15, 0.2) is 0 Å². The van der Waals surface area contributed by atoms with E-state index in [0.717, 1.165) is 44.0 Å². The van der Waals surface area contributed by atoms with Crippen LogP contribution in [0.15, 0.2) is 54.0 Å². The lowest BCUT2D eigenvalue weighted by molar-refractivity contribution is 0.270. The van der Waals surface area contributed by atoms with Crippen LogP contribution in [0.5, 0.6) is 0 Å². The summed E-state index contributed by atoms with van der Waals surface area (Å²) in [6.45, 7) is 14.9. The summed E-state index contributed by atoms with van der Waals surface area (Å²) in [4.78, 5) is 12.9. The molecular weight excluding hydrogens is 462 g/mol. The molecule has 4 rings (SSSR count). The summed E-state index contributed by atoms with van der Waals surface area (Å²) in [5.74, 6) is 0.747. The van der Waals surface area contributed by atoms with Gasteiger partial charge in [0, 0.05) is 40.8 Å². The first-order chi connectivity index (χ1) is 17.4. The predicted octanol–water partition coefficient (Wildman–Crippen LogP) is 6.89. The van der Waals surface area contributed by atoms with Crippen LogP contribution in [0.2, 0.25) is 0 Å². The monoisotopic (exact) mass is 505 g/mol. The first-order valence-corrected chi connectivity index (χ1v) is 14.4. The molecule has 3 heterocycles. The Balaban J connectivity index is 1.37. The normalized spacial score (nSPS) is 18.5. The van der Waals surface area contributed by atoms with Crippen molar-refractivity contribution in [2.45, 2.75) is 65.3 Å². The van der Waals surface area contributed by atoms with Gasteiger partial charge in [-0.2, -0.15) is 0 Å². The predicted molar refractivity (Wildman–Crippen MR) is 155 cm³/mol. The zero-order valence-corrected chi connectivity index (χ0v) is 23.4. The summed E-state index contributed by atoms with van der Waals surface area (Å²) >= 11 is 1.84. The maximum Gasteiger partial charge on any atom is 0.144 e. The minimum absolute atomic E-state index is 0.517. The minimum atomic E-state index is 0.517. The van der Waals surface area contributed by atoms with Crippen LogP contribution in [0.25, 0.3) is 21.5 Å². The van der Waals surface area contributed by atoms with Gasteiger partial charge in [0.25, 0.3) is 0 Å². The summed E-state index contributed by atoms with van der Waals surface area (Å²) in [6, 6.07) is 2.87. The van der Waals surface area contributed by atoms with Crippen molar-refractivity contribution in [3.63, 3.8) is 0 Å². The maximum atomic E-state index is 4.73. The number of nitrogens with zero attached hydrogens (tertiary/aromatic N) is 4. The highest BCUT2D eigenvalue weighted by Crippen LogP contribution is 2.41. The second kappa shape index (κ2) is 12.8. The third kappa shape index (κ3) is 6.93. The number of fused-ring (bicyclic) bond motifs is 1. The fourth-order valence-electron chi connectivity index (χ4n) is 5.40. The van der Waals surface area contributed by atoms with E-state index in [1.54, 1.807) is 6.33 Å². The van der Waals surface area contributed by atoms with Gasteiger partial charge in [0.2, 0.25) is 0 Å². The number of rotatable bonds is 13. The summed E-state index contributed by atoms with van der Waals surface area (Å²) in [6.07, 6.45) is 15.3. The topological polar surface area (TPSA) is 46.0 Å². The molecule has 0 aromatic carbocycles. The highest BCUT2D eigenvalue weighted by Gasteiger charge is 2.28. The van der Waals surface area contributed by atoms with Gasteiger partial charge in [-0.1, -0.05) is 17.2 Å². The third-order valence-electron chi connectivity index (χ3n) is 7.49. The zero-order valence-electron chi connectivity index (χ0n) is 22.6. The Morgan fingerprint density at radius 1 is 1.31 bits per heavy atom. The number of hydrogen-bond acceptors (Lipinski definition) is 5. The molecule has 6 heteroatoms. The van der Waals surface area contributed by atoms with Gasteiger partial charge in [0.1, 0.15) is 12.0 Å². The molecule has 194 valence electrons. The Labute approximate surface area is 221 Å². The molecular formula is C30H43N5S. The SMILES string of the molecule is C=C(C)CCNCCCN(C)C[C@@H]1CC[C@H](n2cc(-c3cc(C/C(C)=C/C)cs3)c3cncnc32)C1. The molecule has 0 spiro atoms. The molecule has 0 unspecified atom stereocenters. The van der Waals surface area contributed by atoms with E-state index in [2.05, 4.69) is 77.9 Å². The molecule has 1 fully saturated rings. The maximum absolute atomic E-state index is 4.73. The van der Waals surface area contributed by atoms with Crippen LogP contribution >= 0.6 is 11.3 Å². The van der Waals surface area contributed by atoms with Crippen LogP contribution in [-0.4, -0.2) is 52.7 Å². The van der Waals surface area contributed by atoms with Crippen molar-refractivity contribution < 1.29 is 0 Å². The van der Waals surface area contributed by atoms with Gasteiger partial charge in [0.05, 0.1) is 0 Å². The lowest BCUT2D eigenvalue weighted by atomic mass is 10.1. The van der Waals surface area contributed by atoms with Crippen LogP contribution in [0.3, 0.4) is 0 Å². The molecule has 0 bridgehead atoms. The van der Waals surface area contributed by atoms with Crippen molar-refractivity contribution in [2.75, 3.05) is 33.2 Å². The smallest absolute Gasteiger partial charge is 0.144 e. The molecule has 1 aliphatic carbocycles. The Kier molecular flexibility index (Phi) is 9.52. The van der Waals surface area contributed by atoms with Crippen molar-refractivity contribution in [1.82, 2.24) is 24.8 Å². The second-order valence-electron chi connectivity index (χ2n) is 10.7. The highest BCUT2D eigenvalue weighted by atomic mass is 32.1. The summed E-state index contributed by atoms with van der Waals surface area (Å²) < 4.78 is 2.45. The van der Waals surface area contributed by atoms with Crippen LogP contribution in [-0.2, 0) is 6.42 Å². The van der Waals surface area contributed by atoms with Crippen molar-refractivity contribution in [1.29, 1.82) is 0 Å². The van der Waals surface area contributed by atoms with E-state index in [0.29, 0.717) is 6.04 Å². The van der Waals surface area contributed by atoms with Gasteiger partial charge < -0.3 is 14.8 Å². The lowest BCUT2D eigenvalue weighted by Gasteiger charge is -2.21. The largest absolute Gasteiger partial charge is 0.329 e. The fraction of sp³-hybridized carbons (Fsp3) is 0.533. The molecule has 1 N–H and O–H groups in total. The molecule has 36 heavy (non-hydrogen) atoms. The Hall–Kier alpha value is -2.28. The van der Waals surface area contributed by atoms with E-state index >= 15 is 0 Å². The number of nitrogens with one attached hydrogen (secondary N) is 1. The first kappa shape index (κ1) is 26.8. The van der Waals surface area contributed by atoms with Crippen molar-refractivity contribution in [3.05, 3.63) is 59.5 Å². The van der Waals surface area contributed by atoms with E-state index in [-0.39, 0.29) is 0 Å². The summed E-state index contributed by atoms with van der Waals surface area (Å²) in [7, 11) is 2.28. The Morgan fingerprint density at radius 2 is 2.17 bits per heavy atom. The van der Waals surface area contributed by atoms with E-state index in [9.17, 15) is 0 Å². The third-order valence-corrected chi connectivity index (χ3v) is 8.50. The number of aromatic nitrogens is 3. The molecule has 0 aliphatic heterocycles.